The van der Waals surface area contributed by atoms with Gasteiger partial charge in [-0.15, -0.1) is 0 Å². The molecule has 0 aliphatic heterocycles. The summed E-state index contributed by atoms with van der Waals surface area (Å²) in [6.45, 7) is 3.83. The van der Waals surface area contributed by atoms with Crippen LogP contribution < -0.4 is 5.32 Å². The summed E-state index contributed by atoms with van der Waals surface area (Å²) < 4.78 is 0. The molecule has 3 aromatic rings. The normalized spacial score (nSPS) is 12.8. The minimum atomic E-state index is -0.348. The Morgan fingerprint density at radius 2 is 1.26 bits per heavy atom. The second kappa shape index (κ2) is 8.45. The molecule has 3 aromatic carbocycles. The fourth-order valence-electron chi connectivity index (χ4n) is 3.02. The Bertz CT molecular complexity index is 919. The molecule has 0 saturated heterocycles. The van der Waals surface area contributed by atoms with E-state index in [1.54, 1.807) is 18.2 Å². The summed E-state index contributed by atoms with van der Waals surface area (Å²) in [4.78, 5) is 25.3. The fraction of sp³-hybridized carbons (Fsp3) is 0.167. The van der Waals surface area contributed by atoms with Gasteiger partial charge in [-0.05, 0) is 31.0 Å². The van der Waals surface area contributed by atoms with Gasteiger partial charge in [-0.2, -0.15) is 0 Å². The zero-order valence-electron chi connectivity index (χ0n) is 15.6. The Morgan fingerprint density at radius 1 is 0.704 bits per heavy atom. The van der Waals surface area contributed by atoms with E-state index in [0.717, 1.165) is 11.1 Å². The Balaban J connectivity index is 1.74. The molecular formula is C24H23NO2. The van der Waals surface area contributed by atoms with Crippen molar-refractivity contribution in [1.82, 2.24) is 5.32 Å². The molecule has 136 valence electrons. The van der Waals surface area contributed by atoms with Crippen LogP contribution in [0.5, 0.6) is 0 Å². The Labute approximate surface area is 160 Å². The molecule has 0 spiro atoms. The van der Waals surface area contributed by atoms with Gasteiger partial charge >= 0.3 is 0 Å². The number of benzene rings is 3. The lowest BCUT2D eigenvalue weighted by Crippen LogP contribution is -2.30. The van der Waals surface area contributed by atoms with Crippen LogP contribution in [-0.4, -0.2) is 11.7 Å². The summed E-state index contributed by atoms with van der Waals surface area (Å²) >= 11 is 0. The zero-order valence-corrected chi connectivity index (χ0v) is 15.6. The van der Waals surface area contributed by atoms with E-state index in [2.05, 4.69) is 5.32 Å². The van der Waals surface area contributed by atoms with Gasteiger partial charge in [0.15, 0.2) is 5.78 Å². The molecule has 0 bridgehead atoms. The molecule has 0 radical (unpaired) electrons. The molecule has 27 heavy (non-hydrogen) atoms. The first-order valence-electron chi connectivity index (χ1n) is 9.11. The quantitative estimate of drug-likeness (QED) is 0.503. The van der Waals surface area contributed by atoms with E-state index in [1.165, 1.54) is 0 Å². The lowest BCUT2D eigenvalue weighted by Gasteiger charge is -2.18. The first-order chi connectivity index (χ1) is 13.1. The van der Waals surface area contributed by atoms with Crippen molar-refractivity contribution in [1.29, 1.82) is 0 Å². The maximum absolute atomic E-state index is 12.7. The van der Waals surface area contributed by atoms with Gasteiger partial charge in [0.1, 0.15) is 0 Å². The number of carbonyl (C=O) groups excluding carboxylic acids is 2. The molecule has 3 heteroatoms. The summed E-state index contributed by atoms with van der Waals surface area (Å²) in [5, 5.41) is 3.05. The van der Waals surface area contributed by atoms with Crippen LogP contribution >= 0.6 is 0 Å². The highest BCUT2D eigenvalue weighted by atomic mass is 16.2. The number of carbonyl (C=O) groups is 2. The highest BCUT2D eigenvalue weighted by molar-refractivity contribution is 6.09. The average molecular weight is 358 g/mol. The lowest BCUT2D eigenvalue weighted by molar-refractivity contribution is -0.122. The molecule has 0 unspecified atom stereocenters. The highest BCUT2D eigenvalue weighted by Gasteiger charge is 2.19. The molecule has 3 nitrogen and oxygen atoms in total. The van der Waals surface area contributed by atoms with Gasteiger partial charge in [-0.25, -0.2) is 0 Å². The monoisotopic (exact) mass is 358 g/mol. The topological polar surface area (TPSA) is 46.2 Å². The number of nitrogens with one attached hydrogen (secondary N) is 1. The molecule has 2 atom stereocenters. The summed E-state index contributed by atoms with van der Waals surface area (Å²) in [6.07, 6.45) is 0. The predicted octanol–water partition coefficient (Wildman–Crippen LogP) is 4.90. The van der Waals surface area contributed by atoms with Crippen molar-refractivity contribution in [2.75, 3.05) is 0 Å². The smallest absolute Gasteiger partial charge is 0.227 e. The SMILES string of the molecule is C[C@H](c1cccc(C(=O)c2ccccc2)c1)[13C](=O)N[C@H](C)c1ccccc1. The van der Waals surface area contributed by atoms with Crippen molar-refractivity contribution in [3.05, 3.63) is 107 Å². The first-order valence-corrected chi connectivity index (χ1v) is 9.11. The predicted molar refractivity (Wildman–Crippen MR) is 108 cm³/mol. The molecule has 1 amide bonds. The molecule has 0 aliphatic rings. The van der Waals surface area contributed by atoms with E-state index >= 15 is 0 Å². The van der Waals surface area contributed by atoms with Crippen LogP contribution in [0.4, 0.5) is 0 Å². The van der Waals surface area contributed by atoms with Crippen molar-refractivity contribution < 1.29 is 9.59 Å². The molecule has 0 saturated carbocycles. The number of ketones is 1. The summed E-state index contributed by atoms with van der Waals surface area (Å²) in [5.74, 6) is -0.446. The van der Waals surface area contributed by atoms with Crippen molar-refractivity contribution in [2.24, 2.45) is 0 Å². The molecule has 0 heterocycles. The van der Waals surface area contributed by atoms with E-state index in [-0.39, 0.29) is 23.7 Å². The molecule has 1 N–H and O–H groups in total. The van der Waals surface area contributed by atoms with Gasteiger partial charge < -0.3 is 5.32 Å². The molecule has 0 aromatic heterocycles. The van der Waals surface area contributed by atoms with Gasteiger partial charge in [0, 0.05) is 11.1 Å². The van der Waals surface area contributed by atoms with E-state index in [1.807, 2.05) is 80.6 Å². The van der Waals surface area contributed by atoms with Crippen LogP contribution in [0.25, 0.3) is 0 Å². The van der Waals surface area contributed by atoms with Crippen molar-refractivity contribution in [3.63, 3.8) is 0 Å². The molecule has 3 rings (SSSR count). The molecular weight excluding hydrogens is 335 g/mol. The molecule has 0 fully saturated rings. The highest BCUT2D eigenvalue weighted by Crippen LogP contribution is 2.21. The van der Waals surface area contributed by atoms with Gasteiger partial charge in [0.2, 0.25) is 5.91 Å². The summed E-state index contributed by atoms with van der Waals surface area (Å²) in [7, 11) is 0. The molecule has 0 aliphatic carbocycles. The van der Waals surface area contributed by atoms with Crippen LogP contribution in [-0.2, 0) is 4.79 Å². The van der Waals surface area contributed by atoms with Crippen LogP contribution in [0.1, 0.15) is 52.9 Å². The first kappa shape index (κ1) is 18.6. The zero-order chi connectivity index (χ0) is 19.2. The standard InChI is InChI=1S/C24H23NO2/c1-17(24(27)25-18(2)19-10-5-3-6-11-19)21-14-9-15-22(16-21)23(26)20-12-7-4-8-13-20/h3-18H,1-2H3,(H,25,27)/t17-,18-/m1/s1/i24+1. The maximum atomic E-state index is 12.7. The minimum Gasteiger partial charge on any atom is -0.349 e. The second-order valence-corrected chi connectivity index (χ2v) is 6.68. The van der Waals surface area contributed by atoms with Crippen molar-refractivity contribution >= 4 is 11.7 Å². The largest absolute Gasteiger partial charge is 0.349 e. The van der Waals surface area contributed by atoms with Crippen LogP contribution in [0.15, 0.2) is 84.9 Å². The van der Waals surface area contributed by atoms with Crippen LogP contribution in [0, 0.1) is 0 Å². The number of rotatable bonds is 6. The average Bonchev–Trinajstić information content (AvgIpc) is 2.74. The van der Waals surface area contributed by atoms with E-state index in [0.29, 0.717) is 11.1 Å². The summed E-state index contributed by atoms with van der Waals surface area (Å²) in [5.41, 5.74) is 3.12. The van der Waals surface area contributed by atoms with Gasteiger partial charge in [-0.1, -0.05) is 78.9 Å². The van der Waals surface area contributed by atoms with Crippen LogP contribution in [0.3, 0.4) is 0 Å². The van der Waals surface area contributed by atoms with Crippen molar-refractivity contribution in [2.45, 2.75) is 25.8 Å². The lowest BCUT2D eigenvalue weighted by atomic mass is 9.98. The Morgan fingerprint density at radius 3 is 1.93 bits per heavy atom. The van der Waals surface area contributed by atoms with Gasteiger partial charge in [0.05, 0.1) is 12.0 Å². The third kappa shape index (κ3) is 4.50. The maximum Gasteiger partial charge on any atom is 0.227 e. The number of hydrogen-bond donors (Lipinski definition) is 1. The summed E-state index contributed by atoms with van der Waals surface area (Å²) in [6, 6.07) is 26.3. The number of hydrogen-bond acceptors (Lipinski definition) is 2. The Kier molecular flexibility index (Phi) is 5.82. The van der Waals surface area contributed by atoms with Gasteiger partial charge in [0.25, 0.3) is 0 Å². The van der Waals surface area contributed by atoms with E-state index in [4.69, 9.17) is 0 Å². The third-order valence-electron chi connectivity index (χ3n) is 4.74. The number of amides is 1. The van der Waals surface area contributed by atoms with Gasteiger partial charge in [-0.3, -0.25) is 9.59 Å². The van der Waals surface area contributed by atoms with Crippen molar-refractivity contribution in [3.8, 4) is 0 Å². The van der Waals surface area contributed by atoms with Crippen LogP contribution in [0.2, 0.25) is 0 Å². The fourth-order valence-corrected chi connectivity index (χ4v) is 3.02. The van der Waals surface area contributed by atoms with E-state index in [9.17, 15) is 9.59 Å². The van der Waals surface area contributed by atoms with E-state index < -0.39 is 0 Å². The second-order valence-electron chi connectivity index (χ2n) is 6.68. The Hall–Kier alpha value is -3.20. The third-order valence-corrected chi connectivity index (χ3v) is 4.74. The minimum absolute atomic E-state index is 0.0392.